The average Bonchev–Trinajstić information content (AvgIpc) is 3.27. The van der Waals surface area contributed by atoms with Crippen LogP contribution < -0.4 is 16.8 Å². The molecule has 2 aliphatic rings. The Morgan fingerprint density at radius 3 is 2.53 bits per heavy atom. The number of carboxylic acid groups (broad SMARTS) is 1. The molecule has 2 fully saturated rings. The van der Waals surface area contributed by atoms with E-state index in [9.17, 15) is 23.1 Å². The van der Waals surface area contributed by atoms with Gasteiger partial charge in [0.2, 0.25) is 5.91 Å². The molecule has 0 radical (unpaired) electrons. The van der Waals surface area contributed by atoms with Gasteiger partial charge in [-0.3, -0.25) is 9.59 Å². The van der Waals surface area contributed by atoms with E-state index >= 15 is 0 Å². The Hall–Kier alpha value is -1.29. The molecule has 1 saturated carbocycles. The van der Waals surface area contributed by atoms with E-state index in [0.717, 1.165) is 4.31 Å². The second kappa shape index (κ2) is 9.46. The predicted octanol–water partition coefficient (Wildman–Crippen LogP) is -2.88. The summed E-state index contributed by atoms with van der Waals surface area (Å²) in [6.45, 7) is 2.90. The minimum atomic E-state index is -4.01. The molecule has 12 nitrogen and oxygen atoms in total. The topological polar surface area (TPSA) is 200 Å². The van der Waals surface area contributed by atoms with E-state index in [1.54, 1.807) is 6.92 Å². The van der Waals surface area contributed by atoms with Crippen LogP contribution >= 0.6 is 0 Å². The van der Waals surface area contributed by atoms with Crippen LogP contribution in [0.1, 0.15) is 33.1 Å². The number of nitrogens with two attached hydrogens (primary N) is 2. The molecule has 1 aliphatic carbocycles. The van der Waals surface area contributed by atoms with E-state index in [1.165, 1.54) is 11.2 Å². The number of carbonyl (C=O) groups excluding carboxylic acids is 1. The molecule has 0 aromatic rings. The first-order valence-corrected chi connectivity index (χ1v) is 11.5. The van der Waals surface area contributed by atoms with Gasteiger partial charge in [-0.05, 0) is 26.1 Å². The van der Waals surface area contributed by atoms with Gasteiger partial charge in [-0.1, -0.05) is 13.3 Å². The quantitative estimate of drug-likeness (QED) is 0.179. The molecule has 0 aromatic carbocycles. The molecule has 30 heavy (non-hydrogen) atoms. The van der Waals surface area contributed by atoms with Gasteiger partial charge in [0.1, 0.15) is 5.54 Å². The molecule has 2 rings (SSSR count). The molecule has 0 spiro atoms. The maximum absolute atomic E-state index is 13.2. The number of aliphatic carboxylic acids is 1. The molecule has 1 heterocycles. The molecular weight excluding hydrogens is 417 g/mol. The highest BCUT2D eigenvalue weighted by atomic mass is 32.2. The lowest BCUT2D eigenvalue weighted by atomic mass is 9.78. The first kappa shape index (κ1) is 25.0. The lowest BCUT2D eigenvalue weighted by Crippen LogP contribution is -2.55. The van der Waals surface area contributed by atoms with E-state index in [0.29, 0.717) is 12.8 Å². The molecule has 1 aliphatic heterocycles. The number of nitrogens with zero attached hydrogens (tertiary/aromatic N) is 2. The Morgan fingerprint density at radius 1 is 1.40 bits per heavy atom. The lowest BCUT2D eigenvalue weighted by molar-refractivity contribution is -0.144. The maximum atomic E-state index is 13.2. The lowest BCUT2D eigenvalue weighted by Gasteiger charge is -2.27. The van der Waals surface area contributed by atoms with Gasteiger partial charge in [-0.25, -0.2) is 0 Å². The fourth-order valence-corrected chi connectivity index (χ4v) is 5.84. The van der Waals surface area contributed by atoms with Crippen molar-refractivity contribution in [3.63, 3.8) is 0 Å². The van der Waals surface area contributed by atoms with Crippen molar-refractivity contribution in [3.8, 4) is 0 Å². The van der Waals surface area contributed by atoms with Crippen LogP contribution in [-0.4, -0.2) is 94.5 Å². The van der Waals surface area contributed by atoms with Crippen molar-refractivity contribution in [2.24, 2.45) is 17.4 Å². The number of nitrogens with one attached hydrogen (secondary N) is 1. The van der Waals surface area contributed by atoms with Crippen molar-refractivity contribution in [2.75, 3.05) is 19.6 Å². The van der Waals surface area contributed by atoms with E-state index in [2.05, 4.69) is 5.32 Å². The number of amides is 1. The van der Waals surface area contributed by atoms with Gasteiger partial charge in [-0.2, -0.15) is 17.0 Å². The molecule has 0 unspecified atom stereocenters. The average molecular weight is 449 g/mol. The smallest absolute Gasteiger partial charge is 0.451 e. The molecule has 0 bridgehead atoms. The summed E-state index contributed by atoms with van der Waals surface area (Å²) in [5, 5.41) is 30.3. The first-order valence-electron chi connectivity index (χ1n) is 10.1. The summed E-state index contributed by atoms with van der Waals surface area (Å²) in [5.74, 6) is -2.34. The number of carboxylic acids is 1. The summed E-state index contributed by atoms with van der Waals surface area (Å²) in [5.41, 5.74) is 9.86. The minimum Gasteiger partial charge on any atom is -0.480 e. The molecule has 0 aromatic heterocycles. The van der Waals surface area contributed by atoms with Crippen LogP contribution in [0, 0.1) is 5.92 Å². The van der Waals surface area contributed by atoms with Crippen molar-refractivity contribution >= 4 is 29.2 Å². The zero-order valence-corrected chi connectivity index (χ0v) is 18.1. The van der Waals surface area contributed by atoms with Crippen LogP contribution in [-0.2, 0) is 19.8 Å². The second-order valence-electron chi connectivity index (χ2n) is 8.16. The Bertz CT molecular complexity index is 752. The fraction of sp³-hybridized carbons (Fsp3) is 0.875. The molecule has 1 saturated heterocycles. The van der Waals surface area contributed by atoms with Gasteiger partial charge >= 0.3 is 13.1 Å². The van der Waals surface area contributed by atoms with Crippen LogP contribution in [0.15, 0.2) is 0 Å². The third-order valence-electron chi connectivity index (χ3n) is 5.81. The fourth-order valence-electron chi connectivity index (χ4n) is 3.89. The normalized spacial score (nSPS) is 30.3. The van der Waals surface area contributed by atoms with Gasteiger partial charge in [0.15, 0.2) is 0 Å². The van der Waals surface area contributed by atoms with Gasteiger partial charge in [0.05, 0.1) is 6.04 Å². The number of likely N-dealkylation sites (N-methyl/N-ethyl adjacent to an activating group) is 1. The van der Waals surface area contributed by atoms with Crippen LogP contribution in [0.3, 0.4) is 0 Å². The third kappa shape index (κ3) is 5.30. The Labute approximate surface area is 176 Å². The van der Waals surface area contributed by atoms with Crippen LogP contribution in [0.5, 0.6) is 0 Å². The van der Waals surface area contributed by atoms with Crippen molar-refractivity contribution in [3.05, 3.63) is 0 Å². The third-order valence-corrected chi connectivity index (χ3v) is 7.86. The summed E-state index contributed by atoms with van der Waals surface area (Å²) in [4.78, 5) is 23.6. The molecule has 14 heteroatoms. The summed E-state index contributed by atoms with van der Waals surface area (Å²) in [6.07, 6.45) is 1.04. The highest BCUT2D eigenvalue weighted by Crippen LogP contribution is 2.36. The summed E-state index contributed by atoms with van der Waals surface area (Å²) in [6, 6.07) is -1.48. The highest BCUT2D eigenvalue weighted by molar-refractivity contribution is 7.86. The Kier molecular flexibility index (Phi) is 7.88. The van der Waals surface area contributed by atoms with E-state index in [1.807, 2.05) is 0 Å². The summed E-state index contributed by atoms with van der Waals surface area (Å²) in [7, 11) is -5.53. The van der Waals surface area contributed by atoms with Gasteiger partial charge in [0.25, 0.3) is 10.2 Å². The minimum absolute atomic E-state index is 0.0447. The van der Waals surface area contributed by atoms with Gasteiger partial charge in [-0.15, -0.1) is 0 Å². The number of rotatable bonds is 11. The van der Waals surface area contributed by atoms with E-state index in [4.69, 9.17) is 21.5 Å². The van der Waals surface area contributed by atoms with Crippen molar-refractivity contribution in [2.45, 2.75) is 63.1 Å². The maximum Gasteiger partial charge on any atom is 0.451 e. The number of carbonyl (C=O) groups is 2. The Morgan fingerprint density at radius 2 is 2.03 bits per heavy atom. The molecular formula is C16H32BN5O7S. The van der Waals surface area contributed by atoms with E-state index in [-0.39, 0.29) is 44.3 Å². The van der Waals surface area contributed by atoms with Crippen LogP contribution in [0.4, 0.5) is 0 Å². The summed E-state index contributed by atoms with van der Waals surface area (Å²) >= 11 is 0. The first-order chi connectivity index (χ1) is 13.8. The van der Waals surface area contributed by atoms with Crippen molar-refractivity contribution in [1.29, 1.82) is 0 Å². The molecule has 8 N–H and O–H groups in total. The number of hydrogen-bond acceptors (Lipinski definition) is 8. The zero-order chi connectivity index (χ0) is 22.9. The largest absolute Gasteiger partial charge is 0.480 e. The van der Waals surface area contributed by atoms with Gasteiger partial charge < -0.3 is 31.9 Å². The van der Waals surface area contributed by atoms with Gasteiger partial charge in [0, 0.05) is 37.6 Å². The van der Waals surface area contributed by atoms with Crippen LogP contribution in [0.2, 0.25) is 6.32 Å². The SMILES string of the molecule is CCN([C@@H]1C[C@H]1NC(=O)[C@H](C)N)S(=O)(=O)N1C[C@H](CCCB(O)O)[C@](N)(C(=O)O)C1. The molecule has 172 valence electrons. The predicted molar refractivity (Wildman–Crippen MR) is 109 cm³/mol. The summed E-state index contributed by atoms with van der Waals surface area (Å²) < 4.78 is 28.8. The monoisotopic (exact) mass is 449 g/mol. The van der Waals surface area contributed by atoms with Crippen molar-refractivity contribution in [1.82, 2.24) is 13.9 Å². The Balaban J connectivity index is 2.12. The zero-order valence-electron chi connectivity index (χ0n) is 17.3. The number of hydrogen-bond donors (Lipinski definition) is 6. The second-order valence-corrected chi connectivity index (χ2v) is 10.0. The highest BCUT2D eigenvalue weighted by Gasteiger charge is 2.55. The van der Waals surface area contributed by atoms with Crippen LogP contribution in [0.25, 0.3) is 0 Å². The standard InChI is InChI=1S/C16H32BN5O7S/c1-3-22(13-7-12(13)20-14(23)10(2)18)30(28,29)21-8-11(5-4-6-17(26)27)16(19,9-21)15(24)25/h10-13,26-27H,3-9,18-19H2,1-2H3,(H,20,23)(H,24,25)/t10-,11-,12+,13+,16-/m0/s1. The molecule has 5 atom stereocenters. The van der Waals surface area contributed by atoms with Crippen molar-refractivity contribution < 1.29 is 33.2 Å². The molecule has 1 amide bonds. The van der Waals surface area contributed by atoms with E-state index < -0.39 is 46.8 Å².